The zero-order chi connectivity index (χ0) is 29.4. The van der Waals surface area contributed by atoms with Crippen molar-refractivity contribution in [3.8, 4) is 11.4 Å². The van der Waals surface area contributed by atoms with Gasteiger partial charge in [0.2, 0.25) is 11.8 Å². The van der Waals surface area contributed by atoms with Crippen LogP contribution in [0.25, 0.3) is 16.7 Å². The number of methoxy groups -OCH3 is 1. The largest absolute Gasteiger partial charge is 0.497 e. The first-order chi connectivity index (χ1) is 20.3. The zero-order valence-corrected chi connectivity index (χ0v) is 23.8. The third kappa shape index (κ3) is 5.07. The van der Waals surface area contributed by atoms with Crippen LogP contribution in [0, 0.1) is 5.92 Å². The van der Waals surface area contributed by atoms with E-state index in [1.54, 1.807) is 30.0 Å². The number of amides is 2. The molecule has 2 aliphatic heterocycles. The van der Waals surface area contributed by atoms with Crippen LogP contribution in [-0.4, -0.2) is 73.7 Å². The van der Waals surface area contributed by atoms with Crippen molar-refractivity contribution in [3.05, 3.63) is 89.1 Å². The quantitative estimate of drug-likeness (QED) is 0.382. The molecule has 0 radical (unpaired) electrons. The van der Waals surface area contributed by atoms with E-state index in [4.69, 9.17) is 4.74 Å². The van der Waals surface area contributed by atoms with Crippen LogP contribution >= 0.6 is 0 Å². The van der Waals surface area contributed by atoms with Gasteiger partial charge in [0.15, 0.2) is 5.65 Å². The molecule has 0 bridgehead atoms. The van der Waals surface area contributed by atoms with Gasteiger partial charge in [0.1, 0.15) is 12.1 Å². The zero-order valence-electron chi connectivity index (χ0n) is 23.8. The normalized spacial score (nSPS) is 20.6. The van der Waals surface area contributed by atoms with E-state index in [-0.39, 0.29) is 35.9 Å². The van der Waals surface area contributed by atoms with E-state index in [1.807, 2.05) is 65.4 Å². The number of hydrogen-bond donors (Lipinski definition) is 1. The van der Waals surface area contributed by atoms with Crippen molar-refractivity contribution in [3.63, 3.8) is 0 Å². The minimum absolute atomic E-state index is 0.00498. The lowest BCUT2D eigenvalue weighted by atomic mass is 9.82. The van der Waals surface area contributed by atoms with Crippen LogP contribution in [0.15, 0.2) is 78.0 Å². The summed E-state index contributed by atoms with van der Waals surface area (Å²) in [7, 11) is 3.38. The van der Waals surface area contributed by atoms with Gasteiger partial charge in [-0.25, -0.2) is 4.98 Å². The van der Waals surface area contributed by atoms with Crippen LogP contribution in [0.5, 0.6) is 5.75 Å². The summed E-state index contributed by atoms with van der Waals surface area (Å²) in [6, 6.07) is 18.6. The Kier molecular flexibility index (Phi) is 7.32. The summed E-state index contributed by atoms with van der Waals surface area (Å²) < 4.78 is 8.54. The van der Waals surface area contributed by atoms with Crippen LogP contribution in [0.2, 0.25) is 0 Å². The van der Waals surface area contributed by atoms with E-state index in [9.17, 15) is 19.5 Å². The summed E-state index contributed by atoms with van der Waals surface area (Å²) in [5, 5.41) is 11.9. The Balaban J connectivity index is 1.15. The molecule has 2 unspecified atom stereocenters. The molecule has 2 fully saturated rings. The van der Waals surface area contributed by atoms with Gasteiger partial charge in [0.25, 0.3) is 5.56 Å². The number of rotatable bonds is 6. The number of aliphatic hydroxyl groups is 1. The molecule has 0 aliphatic carbocycles. The number of benzene rings is 2. The van der Waals surface area contributed by atoms with Crippen molar-refractivity contribution in [2.45, 2.75) is 43.9 Å². The molecule has 2 aliphatic rings. The average molecular weight is 570 g/mol. The van der Waals surface area contributed by atoms with Crippen molar-refractivity contribution in [1.29, 1.82) is 0 Å². The maximum Gasteiger partial charge on any atom is 0.262 e. The Labute approximate surface area is 243 Å². The molecule has 2 aromatic carbocycles. The molecule has 2 saturated heterocycles. The summed E-state index contributed by atoms with van der Waals surface area (Å²) >= 11 is 0. The van der Waals surface area contributed by atoms with Crippen LogP contribution in [0.4, 0.5) is 0 Å². The van der Waals surface area contributed by atoms with E-state index in [2.05, 4.69) is 4.98 Å². The fraction of sp³-hybridized carbons (Fsp3) is 0.375. The Hall–Kier alpha value is -4.44. The molecule has 6 rings (SSSR count). The Bertz CT molecular complexity index is 1650. The fourth-order valence-corrected chi connectivity index (χ4v) is 6.37. The smallest absolute Gasteiger partial charge is 0.262 e. The van der Waals surface area contributed by atoms with Gasteiger partial charge in [-0.2, -0.15) is 0 Å². The van der Waals surface area contributed by atoms with Crippen molar-refractivity contribution in [1.82, 2.24) is 23.9 Å². The van der Waals surface area contributed by atoms with Crippen LogP contribution in [0.1, 0.15) is 37.3 Å². The third-order valence-electron chi connectivity index (χ3n) is 8.81. The number of fused-ring (bicyclic) bond motifs is 1. The first kappa shape index (κ1) is 27.7. The van der Waals surface area contributed by atoms with Crippen molar-refractivity contribution in [2.24, 2.45) is 5.92 Å². The Morgan fingerprint density at radius 1 is 1.05 bits per heavy atom. The predicted octanol–water partition coefficient (Wildman–Crippen LogP) is 3.16. The number of ether oxygens (including phenoxy) is 1. The first-order valence-electron chi connectivity index (χ1n) is 14.3. The maximum atomic E-state index is 13.7. The molecule has 2 amide bonds. The highest BCUT2D eigenvalue weighted by molar-refractivity contribution is 5.85. The standard InChI is InChI=1S/C32H35N5O5/c1-34-27(38)13-12-25(28(34)22-6-4-3-5-7-22)30(39)35-18-15-32(41,16-19-35)20-36-21-33-29-26(31(36)40)14-17-37(29)23-8-10-24(42-2)11-9-23/h3-11,14,17,21,25,28,41H,12-13,15-16,18-20H2,1-2H3. The van der Waals surface area contributed by atoms with Crippen molar-refractivity contribution >= 4 is 22.8 Å². The van der Waals surface area contributed by atoms with E-state index < -0.39 is 5.60 Å². The minimum Gasteiger partial charge on any atom is -0.497 e. The van der Waals surface area contributed by atoms with Crippen LogP contribution in [0.3, 0.4) is 0 Å². The number of piperidine rings is 2. The summed E-state index contributed by atoms with van der Waals surface area (Å²) in [6.07, 6.45) is 4.82. The van der Waals surface area contributed by atoms with Gasteiger partial charge in [0.05, 0.1) is 36.6 Å². The second-order valence-electron chi connectivity index (χ2n) is 11.4. The van der Waals surface area contributed by atoms with E-state index >= 15 is 0 Å². The van der Waals surface area contributed by atoms with E-state index in [1.165, 1.54) is 10.9 Å². The Morgan fingerprint density at radius 2 is 1.76 bits per heavy atom. The number of hydrogen-bond acceptors (Lipinski definition) is 6. The molecule has 1 N–H and O–H groups in total. The van der Waals surface area contributed by atoms with E-state index in [0.29, 0.717) is 49.8 Å². The van der Waals surface area contributed by atoms with Gasteiger partial charge in [-0.1, -0.05) is 30.3 Å². The summed E-state index contributed by atoms with van der Waals surface area (Å²) in [4.78, 5) is 47.7. The molecule has 4 aromatic rings. The van der Waals surface area contributed by atoms with Crippen LogP contribution in [-0.2, 0) is 16.1 Å². The number of carbonyl (C=O) groups is 2. The highest BCUT2D eigenvalue weighted by Gasteiger charge is 2.43. The molecule has 42 heavy (non-hydrogen) atoms. The summed E-state index contributed by atoms with van der Waals surface area (Å²) in [5.74, 6) is 0.440. The number of nitrogens with zero attached hydrogens (tertiary/aromatic N) is 5. The lowest BCUT2D eigenvalue weighted by Crippen LogP contribution is -2.53. The molecule has 2 aromatic heterocycles. The fourth-order valence-electron chi connectivity index (χ4n) is 6.37. The van der Waals surface area contributed by atoms with Gasteiger partial charge in [-0.3, -0.25) is 19.0 Å². The number of aromatic nitrogens is 3. The molecule has 218 valence electrons. The van der Waals surface area contributed by atoms with Gasteiger partial charge < -0.3 is 24.2 Å². The third-order valence-corrected chi connectivity index (χ3v) is 8.81. The van der Waals surface area contributed by atoms with Gasteiger partial charge in [-0.05, 0) is 55.2 Å². The highest BCUT2D eigenvalue weighted by Crippen LogP contribution is 2.38. The molecule has 10 nitrogen and oxygen atoms in total. The van der Waals surface area contributed by atoms with Crippen LogP contribution < -0.4 is 10.3 Å². The first-order valence-corrected chi connectivity index (χ1v) is 14.3. The lowest BCUT2D eigenvalue weighted by Gasteiger charge is -2.43. The van der Waals surface area contributed by atoms with Crippen molar-refractivity contribution < 1.29 is 19.4 Å². The topological polar surface area (TPSA) is 110 Å². The van der Waals surface area contributed by atoms with Gasteiger partial charge in [-0.15, -0.1) is 0 Å². The molecular weight excluding hydrogens is 534 g/mol. The number of likely N-dealkylation sites (tertiary alicyclic amines) is 2. The summed E-state index contributed by atoms with van der Waals surface area (Å²) in [5.41, 5.74) is 0.974. The lowest BCUT2D eigenvalue weighted by molar-refractivity contribution is -0.149. The molecule has 2 atom stereocenters. The minimum atomic E-state index is -1.15. The second-order valence-corrected chi connectivity index (χ2v) is 11.4. The highest BCUT2D eigenvalue weighted by atomic mass is 16.5. The SMILES string of the molecule is COc1ccc(-n2ccc3c(=O)n(CC4(O)CCN(C(=O)C5CCC(=O)N(C)C5c5ccccc5)CC4)cnc32)cc1. The molecular formula is C32H35N5O5. The maximum absolute atomic E-state index is 13.7. The van der Waals surface area contributed by atoms with E-state index in [0.717, 1.165) is 17.0 Å². The second kappa shape index (κ2) is 11.1. The van der Waals surface area contributed by atoms with Crippen molar-refractivity contribution in [2.75, 3.05) is 27.2 Å². The summed E-state index contributed by atoms with van der Waals surface area (Å²) in [6.45, 7) is 0.852. The predicted molar refractivity (Wildman–Crippen MR) is 157 cm³/mol. The average Bonchev–Trinajstić information content (AvgIpc) is 3.45. The molecule has 4 heterocycles. The number of carbonyl (C=O) groups excluding carboxylic acids is 2. The monoisotopic (exact) mass is 569 g/mol. The molecule has 0 saturated carbocycles. The Morgan fingerprint density at radius 3 is 2.45 bits per heavy atom. The van der Waals surface area contributed by atoms with Gasteiger partial charge in [0, 0.05) is 38.4 Å². The molecule has 10 heteroatoms. The molecule has 0 spiro atoms. The van der Waals surface area contributed by atoms with Gasteiger partial charge >= 0.3 is 0 Å².